The molecule has 0 spiro atoms. The van der Waals surface area contributed by atoms with Crippen LogP contribution >= 0.6 is 0 Å². The summed E-state index contributed by atoms with van der Waals surface area (Å²) in [5.74, 6) is 0.0676. The molecule has 0 N–H and O–H groups in total. The van der Waals surface area contributed by atoms with Gasteiger partial charge in [0.2, 0.25) is 0 Å². The molecule has 1 heterocycles. The number of carbonyl (C=O) groups excluding carboxylic acids is 1. The number of benzene rings is 1. The number of nitrogens with zero attached hydrogens (tertiary/aromatic N) is 1. The minimum Gasteiger partial charge on any atom is -0.459 e. The molecule has 5 heteroatoms. The predicted molar refractivity (Wildman–Crippen MR) is 127 cm³/mol. The third kappa shape index (κ3) is 6.28. The van der Waals surface area contributed by atoms with Gasteiger partial charge in [0, 0.05) is 25.1 Å². The van der Waals surface area contributed by atoms with Crippen molar-refractivity contribution in [2.75, 3.05) is 6.61 Å². The molecule has 0 bridgehead atoms. The first-order valence-electron chi connectivity index (χ1n) is 11.0. The quantitative estimate of drug-likeness (QED) is 0.311. The number of rotatable bonds is 7. The zero-order valence-electron chi connectivity index (χ0n) is 20.2. The fraction of sp³-hybridized carbons (Fsp3) is 0.640. The van der Waals surface area contributed by atoms with Crippen LogP contribution in [0.2, 0.25) is 18.1 Å². The summed E-state index contributed by atoms with van der Waals surface area (Å²) in [5.41, 5.74) is 0.679. The van der Waals surface area contributed by atoms with Gasteiger partial charge in [0.25, 0.3) is 0 Å². The van der Waals surface area contributed by atoms with E-state index >= 15 is 0 Å². The van der Waals surface area contributed by atoms with Gasteiger partial charge in [-0.2, -0.15) is 0 Å². The third-order valence-corrected chi connectivity index (χ3v) is 10.9. The van der Waals surface area contributed by atoms with Crippen LogP contribution in [0.4, 0.5) is 0 Å². The van der Waals surface area contributed by atoms with E-state index in [0.29, 0.717) is 13.2 Å². The van der Waals surface area contributed by atoms with Crippen LogP contribution in [-0.2, 0) is 20.5 Å². The van der Waals surface area contributed by atoms with Crippen LogP contribution < -0.4 is 0 Å². The topological polar surface area (TPSA) is 38.8 Å². The minimum absolute atomic E-state index is 0.0764. The first-order valence-corrected chi connectivity index (χ1v) is 13.9. The molecule has 1 aliphatic rings. The summed E-state index contributed by atoms with van der Waals surface area (Å²) < 4.78 is 12.3. The highest BCUT2D eigenvalue weighted by atomic mass is 28.4. The van der Waals surface area contributed by atoms with E-state index in [-0.39, 0.29) is 29.0 Å². The van der Waals surface area contributed by atoms with Gasteiger partial charge >= 0.3 is 5.97 Å². The van der Waals surface area contributed by atoms with E-state index in [9.17, 15) is 4.79 Å². The highest BCUT2D eigenvalue weighted by Crippen LogP contribution is 2.39. The van der Waals surface area contributed by atoms with Gasteiger partial charge in [0.1, 0.15) is 11.6 Å². The monoisotopic (exact) mass is 431 g/mol. The van der Waals surface area contributed by atoms with E-state index < -0.39 is 13.9 Å². The van der Waals surface area contributed by atoms with Crippen molar-refractivity contribution < 1.29 is 14.0 Å². The Kier molecular flexibility index (Phi) is 7.76. The van der Waals surface area contributed by atoms with E-state index in [1.165, 1.54) is 5.56 Å². The maximum Gasteiger partial charge on any atom is 0.323 e. The Morgan fingerprint density at radius 1 is 1.17 bits per heavy atom. The van der Waals surface area contributed by atoms with Crippen LogP contribution in [0.1, 0.15) is 53.5 Å². The fourth-order valence-corrected chi connectivity index (χ4v) is 4.74. The second-order valence-corrected chi connectivity index (χ2v) is 15.8. The van der Waals surface area contributed by atoms with Crippen LogP contribution in [0.25, 0.3) is 0 Å². The molecule has 4 nitrogen and oxygen atoms in total. The molecule has 0 aromatic heterocycles. The van der Waals surface area contributed by atoms with E-state index in [4.69, 9.17) is 9.16 Å². The lowest BCUT2D eigenvalue weighted by atomic mass is 10.00. The molecule has 0 radical (unpaired) electrons. The van der Waals surface area contributed by atoms with Gasteiger partial charge in [-0.1, -0.05) is 57.2 Å². The van der Waals surface area contributed by atoms with E-state index in [0.717, 1.165) is 6.42 Å². The Labute approximate surface area is 184 Å². The first kappa shape index (κ1) is 24.8. The van der Waals surface area contributed by atoms with Crippen molar-refractivity contribution >= 4 is 14.3 Å². The lowest BCUT2D eigenvalue weighted by molar-refractivity contribution is -0.160. The molecular formula is C25H41NO3Si. The molecule has 1 aromatic carbocycles. The van der Waals surface area contributed by atoms with Crippen LogP contribution in [0.3, 0.4) is 0 Å². The zero-order chi connectivity index (χ0) is 22.7. The summed E-state index contributed by atoms with van der Waals surface area (Å²) in [5, 5.41) is 0.156. The van der Waals surface area contributed by atoms with Gasteiger partial charge in [-0.15, -0.1) is 6.58 Å². The molecule has 1 saturated heterocycles. The summed E-state index contributed by atoms with van der Waals surface area (Å²) in [6, 6.07) is 10.1. The van der Waals surface area contributed by atoms with Gasteiger partial charge in [0.15, 0.2) is 8.32 Å². The average molecular weight is 432 g/mol. The maximum absolute atomic E-state index is 13.1. The molecule has 1 aliphatic heterocycles. The Morgan fingerprint density at radius 2 is 1.77 bits per heavy atom. The molecule has 0 saturated carbocycles. The second kappa shape index (κ2) is 9.37. The molecule has 30 heavy (non-hydrogen) atoms. The predicted octanol–water partition coefficient (Wildman–Crippen LogP) is 5.80. The van der Waals surface area contributed by atoms with Crippen molar-refractivity contribution in [3.8, 4) is 0 Å². The van der Waals surface area contributed by atoms with Crippen LogP contribution in [0, 0.1) is 5.92 Å². The third-order valence-electron chi connectivity index (χ3n) is 6.39. The number of likely N-dealkylation sites (tertiary alicyclic amines) is 1. The van der Waals surface area contributed by atoms with E-state index in [1.54, 1.807) is 0 Å². The largest absolute Gasteiger partial charge is 0.459 e. The smallest absolute Gasteiger partial charge is 0.323 e. The zero-order valence-corrected chi connectivity index (χ0v) is 21.2. The highest BCUT2D eigenvalue weighted by Gasteiger charge is 2.46. The van der Waals surface area contributed by atoms with Gasteiger partial charge in [-0.05, 0) is 50.9 Å². The van der Waals surface area contributed by atoms with Crippen molar-refractivity contribution in [2.45, 2.75) is 90.3 Å². The first-order chi connectivity index (χ1) is 13.7. The summed E-state index contributed by atoms with van der Waals surface area (Å²) >= 11 is 0. The normalized spacial score (nSPS) is 23.4. The highest BCUT2D eigenvalue weighted by molar-refractivity contribution is 6.74. The van der Waals surface area contributed by atoms with E-state index in [2.05, 4.69) is 57.5 Å². The molecule has 2 rings (SSSR count). The number of ether oxygens (including phenoxy) is 1. The van der Waals surface area contributed by atoms with Crippen molar-refractivity contribution in [3.63, 3.8) is 0 Å². The van der Waals surface area contributed by atoms with Gasteiger partial charge < -0.3 is 9.16 Å². The minimum atomic E-state index is -1.87. The molecule has 168 valence electrons. The average Bonchev–Trinajstić information content (AvgIpc) is 2.96. The number of carbonyl (C=O) groups is 1. The number of hydrogen-bond acceptors (Lipinski definition) is 4. The van der Waals surface area contributed by atoms with Crippen LogP contribution in [-0.4, -0.2) is 43.5 Å². The molecule has 1 fully saturated rings. The molecular weight excluding hydrogens is 390 g/mol. The Hall–Kier alpha value is -1.43. The summed E-state index contributed by atoms with van der Waals surface area (Å²) in [6.45, 7) is 22.5. The second-order valence-electron chi connectivity index (χ2n) is 11.0. The van der Waals surface area contributed by atoms with E-state index in [1.807, 2.05) is 45.0 Å². The molecule has 3 atom stereocenters. The summed E-state index contributed by atoms with van der Waals surface area (Å²) in [4.78, 5) is 15.3. The Morgan fingerprint density at radius 3 is 2.27 bits per heavy atom. The number of hydrogen-bond donors (Lipinski definition) is 0. The van der Waals surface area contributed by atoms with Crippen LogP contribution in [0.5, 0.6) is 0 Å². The Balaban J connectivity index is 2.25. The van der Waals surface area contributed by atoms with Crippen molar-refractivity contribution in [2.24, 2.45) is 5.92 Å². The lowest BCUT2D eigenvalue weighted by Gasteiger charge is -2.37. The fourth-order valence-electron chi connectivity index (χ4n) is 3.68. The maximum atomic E-state index is 13.1. The Bertz CT molecular complexity index is 718. The SMILES string of the molecule is C=C[C@H]1[C@H](CO[Si](C)(C)C(C)(C)C)C[C@H](C(=O)OC(C)(C)C)N1Cc1ccccc1. The van der Waals surface area contributed by atoms with Gasteiger partial charge in [-0.25, -0.2) is 0 Å². The van der Waals surface area contributed by atoms with Gasteiger partial charge in [0.05, 0.1) is 0 Å². The molecule has 0 unspecified atom stereocenters. The van der Waals surface area contributed by atoms with Crippen LogP contribution in [0.15, 0.2) is 43.0 Å². The molecule has 1 aromatic rings. The summed E-state index contributed by atoms with van der Waals surface area (Å²) in [7, 11) is -1.87. The van der Waals surface area contributed by atoms with Gasteiger partial charge in [-0.3, -0.25) is 9.69 Å². The molecule has 0 aliphatic carbocycles. The van der Waals surface area contributed by atoms with Crippen molar-refractivity contribution in [1.29, 1.82) is 0 Å². The molecule has 0 amide bonds. The lowest BCUT2D eigenvalue weighted by Crippen LogP contribution is -2.44. The summed E-state index contributed by atoms with van der Waals surface area (Å²) in [6.07, 6.45) is 2.71. The van der Waals surface area contributed by atoms with Crippen molar-refractivity contribution in [3.05, 3.63) is 48.6 Å². The van der Waals surface area contributed by atoms with Crippen molar-refractivity contribution in [1.82, 2.24) is 4.90 Å². The standard InChI is InChI=1S/C25H41NO3Si/c1-10-21-20(18-28-30(8,9)25(5,6)7)16-22(23(27)29-24(2,3)4)26(21)17-19-14-12-11-13-15-19/h10-15,20-22H,1,16-18H2,2-9H3/t20-,21-,22+/m0/s1. The number of esters is 1.